The number of amides is 1. The summed E-state index contributed by atoms with van der Waals surface area (Å²) in [5.41, 5.74) is 1.21. The summed E-state index contributed by atoms with van der Waals surface area (Å²) in [4.78, 5) is 27.8. The SMILES string of the molecule is C[C@@H](CCNC(=O)Cn1c2ccccc2c2cnn(C)c(=O)c21)N1CCCC1. The summed E-state index contributed by atoms with van der Waals surface area (Å²) in [7, 11) is 1.63. The van der Waals surface area contributed by atoms with Gasteiger partial charge in [0, 0.05) is 35.9 Å². The van der Waals surface area contributed by atoms with E-state index in [4.69, 9.17) is 0 Å². The number of aromatic nitrogens is 3. The van der Waals surface area contributed by atoms with Gasteiger partial charge in [0.1, 0.15) is 12.1 Å². The van der Waals surface area contributed by atoms with Gasteiger partial charge in [-0.1, -0.05) is 18.2 Å². The number of carbonyl (C=O) groups excluding carboxylic acids is 1. The molecule has 0 unspecified atom stereocenters. The Hall–Kier alpha value is -2.67. The first-order valence-corrected chi connectivity index (χ1v) is 10.0. The van der Waals surface area contributed by atoms with Crippen molar-refractivity contribution in [1.82, 2.24) is 24.6 Å². The number of nitrogens with one attached hydrogen (secondary N) is 1. The third-order valence-electron chi connectivity index (χ3n) is 5.82. The largest absolute Gasteiger partial charge is 0.354 e. The van der Waals surface area contributed by atoms with Crippen molar-refractivity contribution in [1.29, 1.82) is 0 Å². The number of hydrogen-bond donors (Lipinski definition) is 1. The topological polar surface area (TPSA) is 72.2 Å². The third-order valence-corrected chi connectivity index (χ3v) is 5.82. The molecule has 1 aliphatic heterocycles. The zero-order valence-corrected chi connectivity index (χ0v) is 16.5. The van der Waals surface area contributed by atoms with E-state index in [9.17, 15) is 9.59 Å². The monoisotopic (exact) mass is 381 g/mol. The van der Waals surface area contributed by atoms with E-state index in [0.717, 1.165) is 35.8 Å². The van der Waals surface area contributed by atoms with Crippen molar-refractivity contribution < 1.29 is 4.79 Å². The minimum absolute atomic E-state index is 0.0739. The Labute approximate surface area is 163 Å². The molecule has 3 aromatic rings. The van der Waals surface area contributed by atoms with Crippen LogP contribution < -0.4 is 10.9 Å². The Kier molecular flexibility index (Phi) is 5.17. The van der Waals surface area contributed by atoms with Gasteiger partial charge in [-0.3, -0.25) is 9.59 Å². The molecule has 0 spiro atoms. The normalized spacial score (nSPS) is 16.1. The van der Waals surface area contributed by atoms with E-state index < -0.39 is 0 Å². The van der Waals surface area contributed by atoms with Crippen LogP contribution in [0.2, 0.25) is 0 Å². The van der Waals surface area contributed by atoms with Crippen LogP contribution in [0, 0.1) is 0 Å². The van der Waals surface area contributed by atoms with Crippen LogP contribution in [0.25, 0.3) is 21.8 Å². The summed E-state index contributed by atoms with van der Waals surface area (Å²) in [5, 5.41) is 8.90. The Morgan fingerprint density at radius 2 is 1.96 bits per heavy atom. The van der Waals surface area contributed by atoms with Crippen molar-refractivity contribution in [2.24, 2.45) is 7.05 Å². The van der Waals surface area contributed by atoms with Gasteiger partial charge >= 0.3 is 0 Å². The average molecular weight is 381 g/mol. The molecule has 4 rings (SSSR count). The molecule has 28 heavy (non-hydrogen) atoms. The number of rotatable bonds is 6. The first kappa shape index (κ1) is 18.7. The summed E-state index contributed by atoms with van der Waals surface area (Å²) in [6, 6.07) is 8.24. The van der Waals surface area contributed by atoms with E-state index in [1.807, 2.05) is 28.8 Å². The molecule has 7 heteroatoms. The molecule has 0 radical (unpaired) electrons. The quantitative estimate of drug-likeness (QED) is 0.708. The fourth-order valence-corrected chi connectivity index (χ4v) is 4.19. The van der Waals surface area contributed by atoms with Crippen LogP contribution in [-0.2, 0) is 18.4 Å². The molecule has 0 aliphatic carbocycles. The van der Waals surface area contributed by atoms with E-state index in [-0.39, 0.29) is 18.0 Å². The first-order chi connectivity index (χ1) is 13.6. The van der Waals surface area contributed by atoms with Crippen LogP contribution in [0.15, 0.2) is 35.3 Å². The standard InChI is InChI=1S/C21H27N5O2/c1-15(25-11-5-6-12-25)9-10-22-19(27)14-26-18-8-4-3-7-16(18)17-13-23-24(2)21(28)20(17)26/h3-4,7-8,13,15H,5-6,9-12,14H2,1-2H3,(H,22,27)/t15-/m0/s1. The van der Waals surface area contributed by atoms with Crippen LogP contribution in [-0.4, -0.2) is 50.8 Å². The molecule has 1 aromatic carbocycles. The van der Waals surface area contributed by atoms with Gasteiger partial charge in [0.25, 0.3) is 5.56 Å². The smallest absolute Gasteiger partial charge is 0.291 e. The maximum absolute atomic E-state index is 12.7. The Bertz CT molecular complexity index is 1060. The lowest BCUT2D eigenvalue weighted by Gasteiger charge is -2.23. The number of para-hydroxylation sites is 1. The molecule has 1 fully saturated rings. The molecule has 0 saturated carbocycles. The lowest BCUT2D eigenvalue weighted by molar-refractivity contribution is -0.121. The Balaban J connectivity index is 1.52. The van der Waals surface area contributed by atoms with Crippen molar-refractivity contribution in [2.45, 2.75) is 38.8 Å². The Morgan fingerprint density at radius 3 is 2.75 bits per heavy atom. The van der Waals surface area contributed by atoms with E-state index in [2.05, 4.69) is 22.2 Å². The number of carbonyl (C=O) groups is 1. The summed E-state index contributed by atoms with van der Waals surface area (Å²) >= 11 is 0. The predicted molar refractivity (Wildman–Crippen MR) is 110 cm³/mol. The fraction of sp³-hybridized carbons (Fsp3) is 0.476. The highest BCUT2D eigenvalue weighted by atomic mass is 16.2. The number of likely N-dealkylation sites (tertiary alicyclic amines) is 1. The van der Waals surface area contributed by atoms with Crippen LogP contribution >= 0.6 is 0 Å². The molecule has 0 bridgehead atoms. The van der Waals surface area contributed by atoms with Gasteiger partial charge in [0.15, 0.2) is 0 Å². The molecular formula is C21H27N5O2. The van der Waals surface area contributed by atoms with Gasteiger partial charge in [-0.15, -0.1) is 0 Å². The van der Waals surface area contributed by atoms with Gasteiger partial charge in [0.05, 0.1) is 6.20 Å². The number of benzene rings is 1. The van der Waals surface area contributed by atoms with Crippen LogP contribution in [0.5, 0.6) is 0 Å². The lowest BCUT2D eigenvalue weighted by atomic mass is 10.2. The fourth-order valence-electron chi connectivity index (χ4n) is 4.19. The summed E-state index contributed by atoms with van der Waals surface area (Å²) in [6.45, 7) is 5.32. The maximum Gasteiger partial charge on any atom is 0.291 e. The van der Waals surface area contributed by atoms with Gasteiger partial charge in [-0.05, 0) is 45.3 Å². The van der Waals surface area contributed by atoms with E-state index in [1.165, 1.54) is 17.5 Å². The van der Waals surface area contributed by atoms with Crippen molar-refractivity contribution >= 4 is 27.7 Å². The summed E-state index contributed by atoms with van der Waals surface area (Å²) < 4.78 is 3.13. The first-order valence-electron chi connectivity index (χ1n) is 10.0. The molecule has 1 N–H and O–H groups in total. The summed E-state index contributed by atoms with van der Waals surface area (Å²) in [5.74, 6) is -0.0739. The van der Waals surface area contributed by atoms with Crippen LogP contribution in [0.1, 0.15) is 26.2 Å². The van der Waals surface area contributed by atoms with Gasteiger partial charge in [0.2, 0.25) is 5.91 Å². The second kappa shape index (κ2) is 7.75. The van der Waals surface area contributed by atoms with Crippen molar-refractivity contribution in [3.05, 3.63) is 40.8 Å². The van der Waals surface area contributed by atoms with E-state index >= 15 is 0 Å². The van der Waals surface area contributed by atoms with E-state index in [1.54, 1.807) is 13.2 Å². The minimum atomic E-state index is -0.191. The number of hydrogen-bond acceptors (Lipinski definition) is 4. The zero-order chi connectivity index (χ0) is 19.7. The second-order valence-electron chi connectivity index (χ2n) is 7.67. The zero-order valence-electron chi connectivity index (χ0n) is 16.5. The molecule has 1 saturated heterocycles. The third kappa shape index (κ3) is 3.42. The molecule has 3 heterocycles. The van der Waals surface area contributed by atoms with Crippen molar-refractivity contribution in [3.63, 3.8) is 0 Å². The Morgan fingerprint density at radius 1 is 1.21 bits per heavy atom. The lowest BCUT2D eigenvalue weighted by Crippen LogP contribution is -2.35. The highest BCUT2D eigenvalue weighted by Gasteiger charge is 2.19. The van der Waals surface area contributed by atoms with Gasteiger partial charge in [-0.2, -0.15) is 5.10 Å². The van der Waals surface area contributed by atoms with Crippen molar-refractivity contribution in [3.8, 4) is 0 Å². The van der Waals surface area contributed by atoms with Gasteiger partial charge in [-0.25, -0.2) is 4.68 Å². The molecule has 148 valence electrons. The molecule has 1 aliphatic rings. The highest BCUT2D eigenvalue weighted by Crippen LogP contribution is 2.26. The highest BCUT2D eigenvalue weighted by molar-refractivity contribution is 6.07. The molecule has 2 aromatic heterocycles. The average Bonchev–Trinajstić information content (AvgIpc) is 3.32. The number of fused-ring (bicyclic) bond motifs is 3. The van der Waals surface area contributed by atoms with E-state index in [0.29, 0.717) is 18.1 Å². The number of aryl methyl sites for hydroxylation is 1. The second-order valence-corrected chi connectivity index (χ2v) is 7.67. The molecule has 1 amide bonds. The number of nitrogens with zero attached hydrogens (tertiary/aromatic N) is 4. The molecule has 7 nitrogen and oxygen atoms in total. The van der Waals surface area contributed by atoms with Crippen LogP contribution in [0.4, 0.5) is 0 Å². The molecule has 1 atom stereocenters. The molecular weight excluding hydrogens is 354 g/mol. The van der Waals surface area contributed by atoms with Crippen molar-refractivity contribution in [2.75, 3.05) is 19.6 Å². The predicted octanol–water partition coefficient (Wildman–Crippen LogP) is 1.88. The minimum Gasteiger partial charge on any atom is -0.354 e. The summed E-state index contributed by atoms with van der Waals surface area (Å²) in [6.07, 6.45) is 5.18. The van der Waals surface area contributed by atoms with Gasteiger partial charge < -0.3 is 14.8 Å². The van der Waals surface area contributed by atoms with Crippen LogP contribution in [0.3, 0.4) is 0 Å². The maximum atomic E-state index is 12.7.